The number of rotatable bonds is 6. The van der Waals surface area contributed by atoms with E-state index in [4.69, 9.17) is 21.4 Å². The molecule has 32 heavy (non-hydrogen) atoms. The zero-order chi connectivity index (χ0) is 22.1. The first-order valence-corrected chi connectivity index (χ1v) is 11.0. The van der Waals surface area contributed by atoms with Gasteiger partial charge in [0.2, 0.25) is 0 Å². The molecule has 1 N–H and O–H groups in total. The summed E-state index contributed by atoms with van der Waals surface area (Å²) in [5.41, 5.74) is 1.70. The lowest BCUT2D eigenvalue weighted by molar-refractivity contribution is -0.384. The molecule has 0 saturated carbocycles. The van der Waals surface area contributed by atoms with Crippen LogP contribution in [0.3, 0.4) is 0 Å². The minimum atomic E-state index is -0.414. The van der Waals surface area contributed by atoms with Crippen LogP contribution >= 0.6 is 12.2 Å². The number of benzene rings is 1. The van der Waals surface area contributed by atoms with E-state index in [2.05, 4.69) is 15.2 Å². The third-order valence-corrected chi connectivity index (χ3v) is 6.26. The van der Waals surface area contributed by atoms with Crippen molar-refractivity contribution in [1.29, 1.82) is 0 Å². The first kappa shape index (κ1) is 20.6. The van der Waals surface area contributed by atoms with Gasteiger partial charge in [0.1, 0.15) is 17.6 Å². The van der Waals surface area contributed by atoms with Gasteiger partial charge in [-0.3, -0.25) is 15.1 Å². The molecule has 2 saturated heterocycles. The molecule has 1 aromatic carbocycles. The Morgan fingerprint density at radius 1 is 1.19 bits per heavy atom. The van der Waals surface area contributed by atoms with Gasteiger partial charge in [0.15, 0.2) is 5.11 Å². The second-order valence-electron chi connectivity index (χ2n) is 7.92. The van der Waals surface area contributed by atoms with Gasteiger partial charge in [-0.15, -0.1) is 0 Å². The van der Waals surface area contributed by atoms with Crippen LogP contribution in [0.2, 0.25) is 0 Å². The minimum absolute atomic E-state index is 0.0452. The number of hydrogen-bond acceptors (Lipinski definition) is 6. The summed E-state index contributed by atoms with van der Waals surface area (Å²) >= 11 is 5.69. The highest BCUT2D eigenvalue weighted by Crippen LogP contribution is 2.41. The summed E-state index contributed by atoms with van der Waals surface area (Å²) in [6.07, 6.45) is 3.96. The van der Waals surface area contributed by atoms with Crippen molar-refractivity contribution in [2.75, 3.05) is 13.2 Å². The lowest BCUT2D eigenvalue weighted by atomic mass is 10.0. The van der Waals surface area contributed by atoms with Crippen molar-refractivity contribution < 1.29 is 14.1 Å². The van der Waals surface area contributed by atoms with Crippen molar-refractivity contribution >= 4 is 23.0 Å². The minimum Gasteiger partial charge on any atom is -0.459 e. The number of ether oxygens (including phenoxy) is 1. The van der Waals surface area contributed by atoms with Crippen LogP contribution < -0.4 is 5.32 Å². The fourth-order valence-electron chi connectivity index (χ4n) is 4.33. The van der Waals surface area contributed by atoms with Gasteiger partial charge in [0, 0.05) is 37.0 Å². The lowest BCUT2D eigenvalue weighted by Crippen LogP contribution is -2.36. The summed E-state index contributed by atoms with van der Waals surface area (Å²) in [4.78, 5) is 17.2. The maximum atomic E-state index is 10.9. The lowest BCUT2D eigenvalue weighted by Gasteiger charge is -2.28. The Bertz CT molecular complexity index is 1110. The first-order chi connectivity index (χ1) is 15.6. The van der Waals surface area contributed by atoms with Gasteiger partial charge >= 0.3 is 0 Å². The number of pyridine rings is 1. The standard InChI is InChI=1S/C23H22N4O4S/c28-27(29)16-8-6-15(7-9-16)19-10-11-20(31-19)22-21(18-5-1-2-12-24-18)25-23(32)26(22)14-17-4-3-13-30-17/h1-2,5-12,17,21-22H,3-4,13-14H2,(H,25,32)/t17-,21-,22+/m0/s1. The third-order valence-electron chi connectivity index (χ3n) is 5.90. The van der Waals surface area contributed by atoms with E-state index in [0.29, 0.717) is 17.4 Å². The molecule has 3 aromatic rings. The van der Waals surface area contributed by atoms with Gasteiger partial charge < -0.3 is 19.4 Å². The van der Waals surface area contributed by atoms with Gasteiger partial charge in [-0.2, -0.15) is 0 Å². The summed E-state index contributed by atoms with van der Waals surface area (Å²) in [7, 11) is 0. The molecule has 9 heteroatoms. The maximum absolute atomic E-state index is 10.9. The molecule has 0 spiro atoms. The number of nitro groups is 1. The number of thiocarbonyl (C=S) groups is 1. The van der Waals surface area contributed by atoms with Crippen LogP contribution in [-0.4, -0.2) is 39.2 Å². The van der Waals surface area contributed by atoms with Crippen LogP contribution in [0.25, 0.3) is 11.3 Å². The number of nitrogens with one attached hydrogen (secondary N) is 1. The smallest absolute Gasteiger partial charge is 0.269 e. The Hall–Kier alpha value is -3.30. The normalized spacial score (nSPS) is 22.8. The molecule has 8 nitrogen and oxygen atoms in total. The van der Waals surface area contributed by atoms with E-state index >= 15 is 0 Å². The zero-order valence-electron chi connectivity index (χ0n) is 17.2. The molecule has 164 valence electrons. The summed E-state index contributed by atoms with van der Waals surface area (Å²) in [5, 5.41) is 15.0. The Morgan fingerprint density at radius 3 is 2.72 bits per heavy atom. The molecule has 0 radical (unpaired) electrons. The summed E-state index contributed by atoms with van der Waals surface area (Å²) < 4.78 is 12.1. The van der Waals surface area contributed by atoms with Crippen LogP contribution in [0.1, 0.15) is 36.4 Å². The second-order valence-corrected chi connectivity index (χ2v) is 8.31. The van der Waals surface area contributed by atoms with E-state index < -0.39 is 4.92 Å². The van der Waals surface area contributed by atoms with Gasteiger partial charge in [0.05, 0.1) is 22.8 Å². The molecule has 0 amide bonds. The predicted octanol–water partition coefficient (Wildman–Crippen LogP) is 4.40. The molecular formula is C23H22N4O4S. The van der Waals surface area contributed by atoms with E-state index in [0.717, 1.165) is 36.5 Å². The van der Waals surface area contributed by atoms with Crippen molar-refractivity contribution in [2.45, 2.75) is 31.0 Å². The number of hydrogen-bond donors (Lipinski definition) is 1. The quantitative estimate of drug-likeness (QED) is 0.336. The van der Waals surface area contributed by atoms with Gasteiger partial charge in [0.25, 0.3) is 5.69 Å². The zero-order valence-corrected chi connectivity index (χ0v) is 18.0. The van der Waals surface area contributed by atoms with Crippen molar-refractivity contribution in [1.82, 2.24) is 15.2 Å². The van der Waals surface area contributed by atoms with Crippen molar-refractivity contribution in [3.8, 4) is 11.3 Å². The van der Waals surface area contributed by atoms with Gasteiger partial charge in [-0.05, 0) is 61.5 Å². The number of nitrogens with zero attached hydrogens (tertiary/aromatic N) is 3. The molecule has 0 bridgehead atoms. The number of nitro benzene ring substituents is 1. The average Bonchev–Trinajstić information content (AvgIpc) is 3.56. The summed E-state index contributed by atoms with van der Waals surface area (Å²) in [5.74, 6) is 1.39. The molecule has 2 aromatic heterocycles. The highest BCUT2D eigenvalue weighted by molar-refractivity contribution is 7.80. The van der Waals surface area contributed by atoms with E-state index in [1.165, 1.54) is 12.1 Å². The molecule has 2 fully saturated rings. The molecule has 5 rings (SSSR count). The average molecular weight is 451 g/mol. The molecule has 0 aliphatic carbocycles. The van der Waals surface area contributed by atoms with E-state index in [1.807, 2.05) is 30.3 Å². The monoisotopic (exact) mass is 450 g/mol. The Labute approximate surface area is 190 Å². The van der Waals surface area contributed by atoms with Gasteiger partial charge in [-0.25, -0.2) is 0 Å². The molecule has 3 atom stereocenters. The van der Waals surface area contributed by atoms with Crippen LogP contribution in [0.15, 0.2) is 65.2 Å². The van der Waals surface area contributed by atoms with Crippen LogP contribution in [0.4, 0.5) is 5.69 Å². The Kier molecular flexibility index (Phi) is 5.59. The van der Waals surface area contributed by atoms with E-state index in [1.54, 1.807) is 18.3 Å². The number of non-ortho nitro benzene ring substituents is 1. The maximum Gasteiger partial charge on any atom is 0.269 e. The predicted molar refractivity (Wildman–Crippen MR) is 122 cm³/mol. The Morgan fingerprint density at radius 2 is 2.03 bits per heavy atom. The fourth-order valence-corrected chi connectivity index (χ4v) is 4.65. The molecule has 2 aliphatic heterocycles. The van der Waals surface area contributed by atoms with Gasteiger partial charge in [-0.1, -0.05) is 6.07 Å². The van der Waals surface area contributed by atoms with Crippen LogP contribution in [-0.2, 0) is 4.74 Å². The third kappa shape index (κ3) is 3.96. The Balaban J connectivity index is 1.48. The van der Waals surface area contributed by atoms with Crippen molar-refractivity contribution in [2.24, 2.45) is 0 Å². The fraction of sp³-hybridized carbons (Fsp3) is 0.304. The SMILES string of the molecule is O=[N+]([O-])c1ccc(-c2ccc([C@@H]3[C@H](c4ccccn4)NC(=S)N3C[C@@H]3CCCO3)o2)cc1. The second kappa shape index (κ2) is 8.68. The molecular weight excluding hydrogens is 428 g/mol. The number of furan rings is 1. The van der Waals surface area contributed by atoms with Crippen LogP contribution in [0.5, 0.6) is 0 Å². The molecule has 4 heterocycles. The van der Waals surface area contributed by atoms with E-state index in [-0.39, 0.29) is 23.9 Å². The topological polar surface area (TPSA) is 93.7 Å². The first-order valence-electron chi connectivity index (χ1n) is 10.5. The van der Waals surface area contributed by atoms with Crippen molar-refractivity contribution in [3.63, 3.8) is 0 Å². The van der Waals surface area contributed by atoms with Crippen LogP contribution in [0, 0.1) is 10.1 Å². The highest BCUT2D eigenvalue weighted by atomic mass is 32.1. The summed E-state index contributed by atoms with van der Waals surface area (Å²) in [6, 6.07) is 15.6. The molecule has 0 unspecified atom stereocenters. The number of aromatic nitrogens is 1. The molecule has 2 aliphatic rings. The van der Waals surface area contributed by atoms with E-state index in [9.17, 15) is 10.1 Å². The highest BCUT2D eigenvalue weighted by Gasteiger charge is 2.42. The van der Waals surface area contributed by atoms with Crippen molar-refractivity contribution in [3.05, 3.63) is 82.4 Å². The summed E-state index contributed by atoms with van der Waals surface area (Å²) in [6.45, 7) is 1.45. The largest absolute Gasteiger partial charge is 0.459 e.